The van der Waals surface area contributed by atoms with E-state index in [-0.39, 0.29) is 5.91 Å². The molecule has 1 amide bonds. The fourth-order valence-electron chi connectivity index (χ4n) is 1.49. The minimum Gasteiger partial charge on any atom is -0.417 e. The van der Waals surface area contributed by atoms with Gasteiger partial charge in [-0.1, -0.05) is 30.3 Å². The molecule has 3 nitrogen and oxygen atoms in total. The third-order valence-electron chi connectivity index (χ3n) is 2.36. The van der Waals surface area contributed by atoms with Crippen LogP contribution in [0.2, 0.25) is 0 Å². The standard InChI is InChI=1S/C13H9BrClNO2/c14-18-12-9-5-4-8-11(12)13(17)16(15)10-6-2-1-3-7-10/h1-9H. The van der Waals surface area contributed by atoms with E-state index in [4.69, 9.17) is 15.6 Å². The van der Waals surface area contributed by atoms with Crippen LogP contribution < -0.4 is 8.25 Å². The van der Waals surface area contributed by atoms with Gasteiger partial charge in [-0.25, -0.2) is 4.42 Å². The molecule has 0 aliphatic carbocycles. The summed E-state index contributed by atoms with van der Waals surface area (Å²) < 4.78 is 6.02. The summed E-state index contributed by atoms with van der Waals surface area (Å²) in [5.41, 5.74) is 0.988. The highest BCUT2D eigenvalue weighted by molar-refractivity contribution is 9.06. The summed E-state index contributed by atoms with van der Waals surface area (Å²) >= 11 is 8.90. The summed E-state index contributed by atoms with van der Waals surface area (Å²) in [5, 5.41) is 0. The van der Waals surface area contributed by atoms with E-state index in [0.29, 0.717) is 17.0 Å². The number of nitrogens with zero attached hydrogens (tertiary/aromatic N) is 1. The van der Waals surface area contributed by atoms with Crippen LogP contribution in [0.25, 0.3) is 0 Å². The van der Waals surface area contributed by atoms with E-state index >= 15 is 0 Å². The molecule has 92 valence electrons. The number of para-hydroxylation sites is 2. The van der Waals surface area contributed by atoms with Gasteiger partial charge in [-0.2, -0.15) is 0 Å². The first-order valence-electron chi connectivity index (χ1n) is 5.17. The quantitative estimate of drug-likeness (QED) is 0.792. The fraction of sp³-hybridized carbons (Fsp3) is 0. The zero-order valence-corrected chi connectivity index (χ0v) is 11.6. The largest absolute Gasteiger partial charge is 0.417 e. The molecule has 0 bridgehead atoms. The molecule has 0 N–H and O–H groups in total. The lowest BCUT2D eigenvalue weighted by Crippen LogP contribution is -2.20. The van der Waals surface area contributed by atoms with Gasteiger partial charge in [0.1, 0.15) is 5.75 Å². The molecule has 0 atom stereocenters. The van der Waals surface area contributed by atoms with Gasteiger partial charge in [0.05, 0.1) is 11.3 Å². The number of halogens is 2. The normalized spacial score (nSPS) is 9.89. The van der Waals surface area contributed by atoms with Crippen LogP contribution in [0.15, 0.2) is 54.6 Å². The van der Waals surface area contributed by atoms with Crippen molar-refractivity contribution in [3.63, 3.8) is 0 Å². The Morgan fingerprint density at radius 3 is 2.33 bits per heavy atom. The minimum absolute atomic E-state index is 0.349. The molecule has 0 spiro atoms. The molecule has 18 heavy (non-hydrogen) atoms. The Morgan fingerprint density at radius 1 is 1.06 bits per heavy atom. The number of hydrogen-bond acceptors (Lipinski definition) is 2. The SMILES string of the molecule is O=C(c1ccccc1OBr)N(Cl)c1ccccc1. The first-order valence-corrected chi connectivity index (χ1v) is 6.15. The van der Waals surface area contributed by atoms with Gasteiger partial charge >= 0.3 is 0 Å². The van der Waals surface area contributed by atoms with Gasteiger partial charge < -0.3 is 3.83 Å². The van der Waals surface area contributed by atoms with Crippen LogP contribution in [0.3, 0.4) is 0 Å². The lowest BCUT2D eigenvalue weighted by Gasteiger charge is -2.14. The molecule has 5 heteroatoms. The first kappa shape index (κ1) is 12.9. The van der Waals surface area contributed by atoms with Crippen LogP contribution >= 0.6 is 28.0 Å². The van der Waals surface area contributed by atoms with Crippen molar-refractivity contribution in [2.24, 2.45) is 0 Å². The molecular formula is C13H9BrClNO2. The van der Waals surface area contributed by atoms with E-state index in [1.54, 1.807) is 36.4 Å². The number of carbonyl (C=O) groups is 1. The Balaban J connectivity index is 2.32. The van der Waals surface area contributed by atoms with Crippen molar-refractivity contribution in [2.45, 2.75) is 0 Å². The maximum absolute atomic E-state index is 12.2. The summed E-state index contributed by atoms with van der Waals surface area (Å²) in [6, 6.07) is 15.8. The lowest BCUT2D eigenvalue weighted by atomic mass is 10.2. The number of carbonyl (C=O) groups excluding carboxylic acids is 1. The number of benzene rings is 2. The molecule has 0 unspecified atom stereocenters. The molecule has 0 fully saturated rings. The molecule has 0 aliphatic heterocycles. The van der Waals surface area contributed by atoms with Crippen LogP contribution in [0, 0.1) is 0 Å². The Labute approximate surface area is 118 Å². The average Bonchev–Trinajstić information content (AvgIpc) is 2.46. The van der Waals surface area contributed by atoms with E-state index in [1.165, 1.54) is 0 Å². The Morgan fingerprint density at radius 2 is 1.67 bits per heavy atom. The Bertz CT molecular complexity index is 548. The summed E-state index contributed by atoms with van der Waals surface area (Å²) in [6.07, 6.45) is 0. The molecule has 0 saturated carbocycles. The number of hydrogen-bond donors (Lipinski definition) is 0. The van der Waals surface area contributed by atoms with Crippen LogP contribution in [0.5, 0.6) is 5.75 Å². The van der Waals surface area contributed by atoms with Crippen LogP contribution in [-0.2, 0) is 0 Å². The summed E-state index contributed by atoms with van der Waals surface area (Å²) in [4.78, 5) is 12.2. The van der Waals surface area contributed by atoms with E-state index in [0.717, 1.165) is 4.42 Å². The van der Waals surface area contributed by atoms with E-state index in [9.17, 15) is 4.79 Å². The molecule has 0 aromatic heterocycles. The summed E-state index contributed by atoms with van der Waals surface area (Å²) in [5.74, 6) is 0.0713. The second-order valence-electron chi connectivity index (χ2n) is 3.49. The molecule has 0 heterocycles. The van der Waals surface area contributed by atoms with Crippen molar-refractivity contribution in [2.75, 3.05) is 4.42 Å². The van der Waals surface area contributed by atoms with Crippen LogP contribution in [0.4, 0.5) is 5.69 Å². The smallest absolute Gasteiger partial charge is 0.276 e. The van der Waals surface area contributed by atoms with E-state index < -0.39 is 0 Å². The Hall–Kier alpha value is -1.52. The van der Waals surface area contributed by atoms with E-state index in [2.05, 4.69) is 16.3 Å². The monoisotopic (exact) mass is 325 g/mol. The molecule has 2 aromatic carbocycles. The van der Waals surface area contributed by atoms with Crippen LogP contribution in [-0.4, -0.2) is 5.91 Å². The molecule has 0 saturated heterocycles. The highest BCUT2D eigenvalue weighted by Gasteiger charge is 2.19. The average molecular weight is 327 g/mol. The van der Waals surface area contributed by atoms with E-state index in [1.807, 2.05) is 18.2 Å². The highest BCUT2D eigenvalue weighted by Crippen LogP contribution is 2.25. The molecule has 2 aromatic rings. The highest BCUT2D eigenvalue weighted by atomic mass is 79.9. The van der Waals surface area contributed by atoms with Crippen molar-refractivity contribution in [1.29, 1.82) is 0 Å². The van der Waals surface area contributed by atoms with Crippen molar-refractivity contribution in [1.82, 2.24) is 0 Å². The third kappa shape index (κ3) is 2.66. The second kappa shape index (κ2) is 5.89. The predicted molar refractivity (Wildman–Crippen MR) is 75.1 cm³/mol. The summed E-state index contributed by atoms with van der Waals surface area (Å²) in [7, 11) is 0. The maximum Gasteiger partial charge on any atom is 0.276 e. The maximum atomic E-state index is 12.2. The summed E-state index contributed by atoms with van der Waals surface area (Å²) in [6.45, 7) is 0. The van der Waals surface area contributed by atoms with Crippen molar-refractivity contribution >= 4 is 39.6 Å². The van der Waals surface area contributed by atoms with Crippen molar-refractivity contribution < 1.29 is 8.62 Å². The molecule has 0 aliphatic rings. The molecule has 2 rings (SSSR count). The number of amides is 1. The second-order valence-corrected chi connectivity index (χ2v) is 4.16. The lowest BCUT2D eigenvalue weighted by molar-refractivity contribution is 0.100. The predicted octanol–water partition coefficient (Wildman–Crippen LogP) is 4.18. The Kier molecular flexibility index (Phi) is 4.23. The topological polar surface area (TPSA) is 29.5 Å². The fourth-order valence-corrected chi connectivity index (χ4v) is 1.98. The number of rotatable bonds is 3. The van der Waals surface area contributed by atoms with Gasteiger partial charge in [-0.3, -0.25) is 4.79 Å². The zero-order chi connectivity index (χ0) is 13.0. The number of anilines is 1. The molecular weight excluding hydrogens is 318 g/mol. The zero-order valence-electron chi connectivity index (χ0n) is 9.22. The van der Waals surface area contributed by atoms with Gasteiger partial charge in [-0.05, 0) is 24.3 Å². The van der Waals surface area contributed by atoms with Crippen LogP contribution in [0.1, 0.15) is 10.4 Å². The van der Waals surface area contributed by atoms with Gasteiger partial charge in [-0.15, -0.1) is 0 Å². The van der Waals surface area contributed by atoms with Gasteiger partial charge in [0.25, 0.3) is 5.91 Å². The van der Waals surface area contributed by atoms with Crippen molar-refractivity contribution in [3.05, 3.63) is 60.2 Å². The van der Waals surface area contributed by atoms with Gasteiger partial charge in [0.2, 0.25) is 0 Å². The van der Waals surface area contributed by atoms with Gasteiger partial charge in [0, 0.05) is 11.8 Å². The van der Waals surface area contributed by atoms with Crippen molar-refractivity contribution in [3.8, 4) is 5.75 Å². The minimum atomic E-state index is -0.349. The van der Waals surface area contributed by atoms with Gasteiger partial charge in [0.15, 0.2) is 16.3 Å². The third-order valence-corrected chi connectivity index (χ3v) is 3.06. The molecule has 0 radical (unpaired) electrons. The first-order chi connectivity index (χ1) is 8.74.